The Morgan fingerprint density at radius 2 is 1.97 bits per heavy atom. The van der Waals surface area contributed by atoms with Gasteiger partial charge in [0.05, 0.1) is 17.6 Å². The number of halogens is 1. The maximum atomic E-state index is 14.1. The Morgan fingerprint density at radius 3 is 2.72 bits per heavy atom. The number of thioether (sulfide) groups is 1. The van der Waals surface area contributed by atoms with Gasteiger partial charge < -0.3 is 15.4 Å². The summed E-state index contributed by atoms with van der Waals surface area (Å²) in [5, 5.41) is 11.3. The van der Waals surface area contributed by atoms with Crippen molar-refractivity contribution in [3.63, 3.8) is 0 Å². The van der Waals surface area contributed by atoms with Crippen molar-refractivity contribution in [2.45, 2.75) is 40.0 Å². The van der Waals surface area contributed by atoms with Crippen LogP contribution >= 0.6 is 11.8 Å². The van der Waals surface area contributed by atoms with Crippen LogP contribution in [0.1, 0.15) is 47.7 Å². The minimum absolute atomic E-state index is 0.0779. The van der Waals surface area contributed by atoms with Gasteiger partial charge in [-0.1, -0.05) is 13.0 Å². The topological polar surface area (TPSA) is 80.5 Å². The summed E-state index contributed by atoms with van der Waals surface area (Å²) in [5.41, 5.74) is 5.42. The number of nitrogens with one attached hydrogen (secondary N) is 2. The average molecular weight is 548 g/mol. The van der Waals surface area contributed by atoms with Crippen LogP contribution in [0, 0.1) is 25.6 Å². The molecule has 4 aromatic rings. The van der Waals surface area contributed by atoms with E-state index in [-0.39, 0.29) is 11.7 Å². The maximum Gasteiger partial charge on any atom is 0.251 e. The highest BCUT2D eigenvalue weighted by Crippen LogP contribution is 2.31. The van der Waals surface area contributed by atoms with Crippen LogP contribution in [-0.4, -0.2) is 45.1 Å². The van der Waals surface area contributed by atoms with Crippen molar-refractivity contribution in [3.8, 4) is 22.9 Å². The van der Waals surface area contributed by atoms with Crippen LogP contribution < -0.4 is 15.4 Å². The van der Waals surface area contributed by atoms with Gasteiger partial charge in [-0.3, -0.25) is 4.79 Å². The molecular weight excluding hydrogens is 513 g/mol. The Labute approximate surface area is 232 Å². The molecule has 7 nitrogen and oxygen atoms in total. The predicted molar refractivity (Wildman–Crippen MR) is 156 cm³/mol. The number of hydrogen-bond donors (Lipinski definition) is 2. The van der Waals surface area contributed by atoms with Gasteiger partial charge in [-0.25, -0.2) is 13.9 Å². The average Bonchev–Trinajstić information content (AvgIpc) is 3.34. The molecule has 0 radical (unpaired) electrons. The summed E-state index contributed by atoms with van der Waals surface area (Å²) in [6.45, 7) is 7.25. The molecular formula is C30H34FN5O2S. The minimum atomic E-state index is -0.360. The fourth-order valence-electron chi connectivity index (χ4n) is 4.82. The van der Waals surface area contributed by atoms with Crippen LogP contribution in [-0.2, 0) is 0 Å². The van der Waals surface area contributed by atoms with E-state index in [9.17, 15) is 9.18 Å². The van der Waals surface area contributed by atoms with Gasteiger partial charge in [-0.05, 0) is 85.9 Å². The fourth-order valence-corrected chi connectivity index (χ4v) is 6.03. The second kappa shape index (κ2) is 12.1. The normalized spacial score (nSPS) is 13.9. The Balaban J connectivity index is 1.51. The number of rotatable bonds is 9. The number of fused-ring (bicyclic) bond motifs is 1. The molecule has 204 valence electrons. The van der Waals surface area contributed by atoms with Gasteiger partial charge in [-0.2, -0.15) is 11.8 Å². The molecule has 9 heteroatoms. The van der Waals surface area contributed by atoms with Crippen LogP contribution in [0.2, 0.25) is 0 Å². The van der Waals surface area contributed by atoms with Gasteiger partial charge in [0.15, 0.2) is 5.65 Å². The molecule has 0 atom stereocenters. The van der Waals surface area contributed by atoms with Crippen LogP contribution in [0.25, 0.3) is 16.9 Å². The zero-order chi connectivity index (χ0) is 27.4. The quantitative estimate of drug-likeness (QED) is 0.245. The first-order valence-corrected chi connectivity index (χ1v) is 14.6. The Bertz CT molecular complexity index is 1460. The van der Waals surface area contributed by atoms with E-state index in [1.54, 1.807) is 16.8 Å². The van der Waals surface area contributed by atoms with Crippen molar-refractivity contribution in [1.29, 1.82) is 0 Å². The molecule has 5 rings (SSSR count). The molecule has 0 bridgehead atoms. The molecule has 0 saturated carbocycles. The SMILES string of the molecule is CCCNC(=O)c1ccc(-c2cnc3c(NCC4CCSCC4)cc(Oc4cc(C)cc(F)c4)nn23)cc1C. The van der Waals surface area contributed by atoms with Gasteiger partial charge in [0.25, 0.3) is 5.91 Å². The summed E-state index contributed by atoms with van der Waals surface area (Å²) in [4.78, 5) is 17.3. The summed E-state index contributed by atoms with van der Waals surface area (Å²) in [6.07, 6.45) is 5.03. The highest BCUT2D eigenvalue weighted by molar-refractivity contribution is 7.99. The number of aromatic nitrogens is 3. The number of aryl methyl sites for hydroxylation is 2. The molecule has 1 aliphatic rings. The molecule has 2 aromatic heterocycles. The van der Waals surface area contributed by atoms with E-state index in [2.05, 4.69) is 10.6 Å². The lowest BCUT2D eigenvalue weighted by atomic mass is 10.0. The third-order valence-electron chi connectivity index (χ3n) is 6.91. The first-order chi connectivity index (χ1) is 18.9. The zero-order valence-corrected chi connectivity index (χ0v) is 23.4. The second-order valence-electron chi connectivity index (χ2n) is 10.1. The number of anilines is 1. The van der Waals surface area contributed by atoms with Crippen LogP contribution in [0.3, 0.4) is 0 Å². The summed E-state index contributed by atoms with van der Waals surface area (Å²) in [5.74, 6) is 3.25. The van der Waals surface area contributed by atoms with E-state index in [1.807, 2.05) is 56.8 Å². The monoisotopic (exact) mass is 547 g/mol. The molecule has 0 unspecified atom stereocenters. The third kappa shape index (κ3) is 6.36. The highest BCUT2D eigenvalue weighted by Gasteiger charge is 2.18. The van der Waals surface area contributed by atoms with Crippen LogP contribution in [0.5, 0.6) is 11.6 Å². The van der Waals surface area contributed by atoms with Gasteiger partial charge >= 0.3 is 0 Å². The standard InChI is InChI=1S/C30H34FN5O2S/c1-4-9-32-30(37)25-6-5-22(14-20(25)3)27-18-34-29-26(33-17-21-7-10-39-11-8-21)16-28(35-36(27)29)38-24-13-19(2)12-23(31)15-24/h5-6,12-16,18,21,33H,4,7-11,17H2,1-3H3,(H,32,37). The number of carbonyl (C=O) groups excluding carboxylic acids is 1. The van der Waals surface area contributed by atoms with E-state index in [4.69, 9.17) is 14.8 Å². The first kappa shape index (κ1) is 27.0. The van der Waals surface area contributed by atoms with Crippen molar-refractivity contribution in [2.24, 2.45) is 5.92 Å². The van der Waals surface area contributed by atoms with Gasteiger partial charge in [0.2, 0.25) is 5.88 Å². The molecule has 39 heavy (non-hydrogen) atoms. The fraction of sp³-hybridized carbons (Fsp3) is 0.367. The molecule has 1 fully saturated rings. The van der Waals surface area contributed by atoms with Crippen molar-refractivity contribution in [2.75, 3.05) is 29.9 Å². The van der Waals surface area contributed by atoms with Gasteiger partial charge in [-0.15, -0.1) is 5.10 Å². The Kier molecular flexibility index (Phi) is 8.35. The molecule has 0 spiro atoms. The number of imidazole rings is 1. The summed E-state index contributed by atoms with van der Waals surface area (Å²) in [7, 11) is 0. The lowest BCUT2D eigenvalue weighted by molar-refractivity contribution is 0.0953. The molecule has 3 heterocycles. The van der Waals surface area contributed by atoms with Crippen molar-refractivity contribution in [1.82, 2.24) is 19.9 Å². The lowest BCUT2D eigenvalue weighted by Crippen LogP contribution is -2.24. The van der Waals surface area contributed by atoms with E-state index >= 15 is 0 Å². The van der Waals surface area contributed by atoms with Gasteiger partial charge in [0.1, 0.15) is 11.6 Å². The van der Waals surface area contributed by atoms with E-state index in [0.29, 0.717) is 35.3 Å². The Hall–Kier alpha value is -3.59. The van der Waals surface area contributed by atoms with Gasteiger partial charge in [0, 0.05) is 36.3 Å². The summed E-state index contributed by atoms with van der Waals surface area (Å²) >= 11 is 2.01. The highest BCUT2D eigenvalue weighted by atomic mass is 32.2. The lowest BCUT2D eigenvalue weighted by Gasteiger charge is -2.22. The van der Waals surface area contributed by atoms with Crippen LogP contribution in [0.15, 0.2) is 48.7 Å². The zero-order valence-electron chi connectivity index (χ0n) is 22.6. The van der Waals surface area contributed by atoms with Crippen molar-refractivity contribution >= 4 is 29.0 Å². The Morgan fingerprint density at radius 1 is 1.15 bits per heavy atom. The van der Waals surface area contributed by atoms with Crippen molar-refractivity contribution < 1.29 is 13.9 Å². The van der Waals surface area contributed by atoms with Crippen LogP contribution in [0.4, 0.5) is 10.1 Å². The number of amides is 1. The van der Waals surface area contributed by atoms with Crippen molar-refractivity contribution in [3.05, 3.63) is 71.2 Å². The number of carbonyl (C=O) groups is 1. The summed E-state index contributed by atoms with van der Waals surface area (Å²) in [6, 6.07) is 12.1. The third-order valence-corrected chi connectivity index (χ3v) is 7.96. The first-order valence-electron chi connectivity index (χ1n) is 13.5. The number of hydrogen-bond acceptors (Lipinski definition) is 6. The minimum Gasteiger partial charge on any atom is -0.437 e. The number of benzene rings is 2. The largest absolute Gasteiger partial charge is 0.437 e. The molecule has 1 aliphatic heterocycles. The van der Waals surface area contributed by atoms with E-state index in [1.165, 1.54) is 36.5 Å². The molecule has 2 N–H and O–H groups in total. The predicted octanol–water partition coefficient (Wildman–Crippen LogP) is 6.64. The molecule has 2 aromatic carbocycles. The number of ether oxygens (including phenoxy) is 1. The summed E-state index contributed by atoms with van der Waals surface area (Å²) < 4.78 is 21.9. The second-order valence-corrected chi connectivity index (χ2v) is 11.3. The smallest absolute Gasteiger partial charge is 0.251 e. The molecule has 1 amide bonds. The van der Waals surface area contributed by atoms with E-state index < -0.39 is 0 Å². The maximum absolute atomic E-state index is 14.1. The molecule has 0 aliphatic carbocycles. The van der Waals surface area contributed by atoms with E-state index in [0.717, 1.165) is 41.0 Å². The molecule has 1 saturated heterocycles. The number of nitrogens with zero attached hydrogens (tertiary/aromatic N) is 3.